The number of aliphatic hydroxyl groups is 1. The number of rotatable bonds is 7. The number of H-pyrrole nitrogens is 1. The Morgan fingerprint density at radius 1 is 1.40 bits per heavy atom. The third-order valence-electron chi connectivity index (χ3n) is 4.89. The molecule has 2 heterocycles. The Balaban J connectivity index is 1.27. The van der Waals surface area contributed by atoms with Crippen LogP contribution in [0.5, 0.6) is 0 Å². The van der Waals surface area contributed by atoms with Gasteiger partial charge in [0.1, 0.15) is 18.2 Å². The molecule has 0 aliphatic heterocycles. The van der Waals surface area contributed by atoms with Gasteiger partial charge in [0, 0.05) is 36.9 Å². The molecule has 0 spiro atoms. The van der Waals surface area contributed by atoms with Gasteiger partial charge in [-0.15, -0.1) is 10.2 Å². The molecular formula is C16H21N5O4. The quantitative estimate of drug-likeness (QED) is 0.665. The molecule has 0 bridgehead atoms. The van der Waals surface area contributed by atoms with Crippen molar-refractivity contribution in [1.82, 2.24) is 25.2 Å². The van der Waals surface area contributed by atoms with Gasteiger partial charge in [-0.2, -0.15) is 5.16 Å². The van der Waals surface area contributed by atoms with Gasteiger partial charge in [-0.05, 0) is 25.7 Å². The number of aryl methyl sites for hydroxylation is 1. The van der Waals surface area contributed by atoms with E-state index in [1.165, 1.54) is 6.07 Å². The highest BCUT2D eigenvalue weighted by Crippen LogP contribution is 2.42. The molecule has 0 radical (unpaired) electrons. The van der Waals surface area contributed by atoms with Gasteiger partial charge in [0.2, 0.25) is 5.91 Å². The number of aromatic nitrogens is 4. The molecule has 9 nitrogen and oxygen atoms in total. The SMILES string of the molecule is O=C(CCc1cc(=O)[nH]o1)NC1CC(c2nnc(CO)n2C2CC2)C1. The van der Waals surface area contributed by atoms with Crippen LogP contribution in [0.2, 0.25) is 0 Å². The topological polar surface area (TPSA) is 126 Å². The monoisotopic (exact) mass is 347 g/mol. The van der Waals surface area contributed by atoms with Crippen molar-refractivity contribution in [2.24, 2.45) is 0 Å². The Kier molecular flexibility index (Phi) is 4.16. The van der Waals surface area contributed by atoms with E-state index >= 15 is 0 Å². The van der Waals surface area contributed by atoms with Crippen LogP contribution in [0.4, 0.5) is 0 Å². The molecule has 4 rings (SSSR count). The molecule has 2 aromatic rings. The molecule has 25 heavy (non-hydrogen) atoms. The van der Waals surface area contributed by atoms with E-state index in [1.807, 2.05) is 0 Å². The normalized spacial score (nSPS) is 22.6. The summed E-state index contributed by atoms with van der Waals surface area (Å²) in [6.45, 7) is -0.0916. The Hall–Kier alpha value is -2.42. The van der Waals surface area contributed by atoms with Crippen LogP contribution in [0.15, 0.2) is 15.4 Å². The summed E-state index contributed by atoms with van der Waals surface area (Å²) >= 11 is 0. The number of hydrogen-bond acceptors (Lipinski definition) is 6. The van der Waals surface area contributed by atoms with Crippen LogP contribution in [0.25, 0.3) is 0 Å². The fraction of sp³-hybridized carbons (Fsp3) is 0.625. The van der Waals surface area contributed by atoms with Crippen molar-refractivity contribution in [3.63, 3.8) is 0 Å². The van der Waals surface area contributed by atoms with Crippen LogP contribution in [0.1, 0.15) is 61.5 Å². The molecule has 2 fully saturated rings. The van der Waals surface area contributed by atoms with E-state index in [-0.39, 0.29) is 36.5 Å². The Bertz CT molecular complexity index is 813. The van der Waals surface area contributed by atoms with Crippen molar-refractivity contribution in [2.45, 2.75) is 63.1 Å². The molecule has 9 heteroatoms. The van der Waals surface area contributed by atoms with Crippen LogP contribution in [0, 0.1) is 0 Å². The van der Waals surface area contributed by atoms with Crippen molar-refractivity contribution in [2.75, 3.05) is 0 Å². The van der Waals surface area contributed by atoms with E-state index < -0.39 is 0 Å². The summed E-state index contributed by atoms with van der Waals surface area (Å²) in [6.07, 6.45) is 4.58. The highest BCUT2D eigenvalue weighted by atomic mass is 16.5. The lowest BCUT2D eigenvalue weighted by molar-refractivity contribution is -0.122. The van der Waals surface area contributed by atoms with E-state index in [0.717, 1.165) is 31.5 Å². The van der Waals surface area contributed by atoms with Gasteiger partial charge in [0.25, 0.3) is 5.56 Å². The molecule has 0 aromatic carbocycles. The molecule has 2 saturated carbocycles. The Morgan fingerprint density at radius 3 is 2.84 bits per heavy atom. The van der Waals surface area contributed by atoms with Gasteiger partial charge in [-0.1, -0.05) is 0 Å². The van der Waals surface area contributed by atoms with Crippen molar-refractivity contribution >= 4 is 5.91 Å². The van der Waals surface area contributed by atoms with E-state index in [0.29, 0.717) is 24.0 Å². The summed E-state index contributed by atoms with van der Waals surface area (Å²) in [7, 11) is 0. The van der Waals surface area contributed by atoms with Crippen LogP contribution in [-0.2, 0) is 17.8 Å². The van der Waals surface area contributed by atoms with E-state index in [9.17, 15) is 14.7 Å². The number of amides is 1. The zero-order valence-electron chi connectivity index (χ0n) is 13.8. The summed E-state index contributed by atoms with van der Waals surface area (Å²) in [6, 6.07) is 1.92. The molecule has 134 valence electrons. The third kappa shape index (κ3) is 3.37. The van der Waals surface area contributed by atoms with Crippen molar-refractivity contribution in [3.05, 3.63) is 33.8 Å². The maximum absolute atomic E-state index is 12.0. The standard InChI is InChI=1S/C16H21N5O4/c22-8-13-18-19-16(21(13)11-1-2-11)9-5-10(6-9)17-14(23)4-3-12-7-15(24)20-25-12/h7,9-11,22H,1-6,8H2,(H,17,23)(H,20,24). The second-order valence-corrected chi connectivity index (χ2v) is 6.85. The Labute approximate surface area is 143 Å². The summed E-state index contributed by atoms with van der Waals surface area (Å²) in [5, 5.41) is 23.0. The van der Waals surface area contributed by atoms with Crippen LogP contribution < -0.4 is 10.9 Å². The van der Waals surface area contributed by atoms with Gasteiger partial charge < -0.3 is 19.5 Å². The molecule has 1 amide bonds. The molecule has 3 N–H and O–H groups in total. The zero-order chi connectivity index (χ0) is 17.4. The first-order valence-electron chi connectivity index (χ1n) is 8.65. The summed E-state index contributed by atoms with van der Waals surface area (Å²) < 4.78 is 7.01. The second kappa shape index (κ2) is 6.47. The van der Waals surface area contributed by atoms with E-state index in [1.54, 1.807) is 0 Å². The lowest BCUT2D eigenvalue weighted by atomic mass is 9.79. The number of hydrogen-bond donors (Lipinski definition) is 3. The Morgan fingerprint density at radius 2 is 2.20 bits per heavy atom. The molecule has 2 aliphatic carbocycles. The molecule has 0 saturated heterocycles. The van der Waals surface area contributed by atoms with Gasteiger partial charge in [-0.25, -0.2) is 0 Å². The number of nitrogens with zero attached hydrogens (tertiary/aromatic N) is 3. The van der Waals surface area contributed by atoms with Gasteiger partial charge in [0.05, 0.1) is 0 Å². The predicted molar refractivity (Wildman–Crippen MR) is 85.8 cm³/mol. The first kappa shape index (κ1) is 16.1. The lowest BCUT2D eigenvalue weighted by Crippen LogP contribution is -2.44. The maximum atomic E-state index is 12.0. The average molecular weight is 347 g/mol. The minimum atomic E-state index is -0.292. The number of aliphatic hydroxyl groups excluding tert-OH is 1. The largest absolute Gasteiger partial charge is 0.388 e. The number of carbonyl (C=O) groups is 1. The first-order chi connectivity index (χ1) is 12.1. The van der Waals surface area contributed by atoms with E-state index in [2.05, 4.69) is 25.2 Å². The predicted octanol–water partition coefficient (Wildman–Crippen LogP) is 0.382. The van der Waals surface area contributed by atoms with Crippen LogP contribution in [0.3, 0.4) is 0 Å². The first-order valence-corrected chi connectivity index (χ1v) is 8.65. The molecule has 2 aliphatic rings. The maximum Gasteiger partial charge on any atom is 0.280 e. The minimum absolute atomic E-state index is 0.0491. The van der Waals surface area contributed by atoms with Crippen molar-refractivity contribution in [3.8, 4) is 0 Å². The number of carbonyl (C=O) groups excluding carboxylic acids is 1. The summed E-state index contributed by atoms with van der Waals surface area (Å²) in [5.74, 6) is 2.29. The average Bonchev–Trinajstić information content (AvgIpc) is 3.18. The van der Waals surface area contributed by atoms with Crippen LogP contribution in [-0.4, -0.2) is 37.0 Å². The van der Waals surface area contributed by atoms with Crippen LogP contribution >= 0.6 is 0 Å². The van der Waals surface area contributed by atoms with E-state index in [4.69, 9.17) is 4.52 Å². The summed E-state index contributed by atoms with van der Waals surface area (Å²) in [4.78, 5) is 23.0. The van der Waals surface area contributed by atoms with Gasteiger partial charge in [0.15, 0.2) is 5.82 Å². The smallest absolute Gasteiger partial charge is 0.280 e. The highest BCUT2D eigenvalue weighted by Gasteiger charge is 2.38. The molecule has 0 atom stereocenters. The van der Waals surface area contributed by atoms with Crippen molar-refractivity contribution in [1.29, 1.82) is 0 Å². The van der Waals surface area contributed by atoms with Gasteiger partial charge >= 0.3 is 0 Å². The van der Waals surface area contributed by atoms with Crippen molar-refractivity contribution < 1.29 is 14.4 Å². The molecule has 0 unspecified atom stereocenters. The minimum Gasteiger partial charge on any atom is -0.388 e. The molecular weight excluding hydrogens is 326 g/mol. The fourth-order valence-corrected chi connectivity index (χ4v) is 3.38. The zero-order valence-corrected chi connectivity index (χ0v) is 13.8. The second-order valence-electron chi connectivity index (χ2n) is 6.85. The fourth-order valence-electron chi connectivity index (χ4n) is 3.38. The lowest BCUT2D eigenvalue weighted by Gasteiger charge is -2.35. The van der Waals surface area contributed by atoms with Gasteiger partial charge in [-0.3, -0.25) is 9.59 Å². The summed E-state index contributed by atoms with van der Waals surface area (Å²) in [5.41, 5.74) is -0.292. The highest BCUT2D eigenvalue weighted by molar-refractivity contribution is 5.76. The number of aromatic amines is 1. The molecule has 2 aromatic heterocycles. The number of nitrogens with one attached hydrogen (secondary N) is 2. The third-order valence-corrected chi connectivity index (χ3v) is 4.89.